The van der Waals surface area contributed by atoms with Crippen LogP contribution in [-0.4, -0.2) is 42.3 Å². The molecule has 0 aromatic heterocycles. The molecule has 0 saturated carbocycles. The summed E-state index contributed by atoms with van der Waals surface area (Å²) in [4.78, 5) is 22.2. The topological polar surface area (TPSA) is 121 Å². The van der Waals surface area contributed by atoms with Gasteiger partial charge in [0.1, 0.15) is 5.75 Å². The molecule has 0 spiro atoms. The van der Waals surface area contributed by atoms with Crippen LogP contribution < -0.4 is 23.7 Å². The number of benzene rings is 4. The van der Waals surface area contributed by atoms with Crippen LogP contribution >= 0.6 is 0 Å². The summed E-state index contributed by atoms with van der Waals surface area (Å²) in [6.45, 7) is 0.706. The number of aryl methyl sites for hydroxylation is 1. The summed E-state index contributed by atoms with van der Waals surface area (Å²) in [6.07, 6.45) is 5.15. The van der Waals surface area contributed by atoms with Gasteiger partial charge in [-0.2, -0.15) is 0 Å². The highest BCUT2D eigenvalue weighted by Crippen LogP contribution is 2.39. The number of carboxylic acids is 2. The van der Waals surface area contributed by atoms with Gasteiger partial charge in [0.25, 0.3) is 0 Å². The lowest BCUT2D eigenvalue weighted by Crippen LogP contribution is -2.07. The molecule has 0 radical (unpaired) electrons. The van der Waals surface area contributed by atoms with Crippen LogP contribution in [0.15, 0.2) is 72.8 Å². The Morgan fingerprint density at radius 2 is 1.31 bits per heavy atom. The maximum absolute atomic E-state index is 11.3. The van der Waals surface area contributed by atoms with Crippen molar-refractivity contribution in [3.05, 3.63) is 89.5 Å². The lowest BCUT2D eigenvalue weighted by Gasteiger charge is -2.15. The van der Waals surface area contributed by atoms with E-state index in [1.807, 2.05) is 54.6 Å². The maximum Gasteiger partial charge on any atom is 0.303 e. The first kappa shape index (κ1) is 33.3. The Kier molecular flexibility index (Phi) is 10.9. The van der Waals surface area contributed by atoms with Crippen molar-refractivity contribution in [3.8, 4) is 62.8 Å². The van der Waals surface area contributed by atoms with Crippen molar-refractivity contribution in [2.45, 2.75) is 57.8 Å². The number of hydrogen-bond donors (Lipinski definition) is 2. The zero-order chi connectivity index (χ0) is 34.0. The van der Waals surface area contributed by atoms with E-state index in [0.717, 1.165) is 94.0 Å². The van der Waals surface area contributed by atoms with Crippen molar-refractivity contribution in [1.29, 1.82) is 0 Å². The zero-order valence-corrected chi connectivity index (χ0v) is 27.2. The van der Waals surface area contributed by atoms with Gasteiger partial charge in [-0.25, -0.2) is 0 Å². The first-order chi connectivity index (χ1) is 23.9. The fourth-order valence-electron chi connectivity index (χ4n) is 5.96. The lowest BCUT2D eigenvalue weighted by atomic mass is 9.95. The highest BCUT2D eigenvalue weighted by molar-refractivity contribution is 5.78. The number of aliphatic carboxylic acids is 2. The molecule has 0 fully saturated rings. The largest absolute Gasteiger partial charge is 0.493 e. The van der Waals surface area contributed by atoms with Gasteiger partial charge in [-0.1, -0.05) is 42.5 Å². The van der Waals surface area contributed by atoms with Crippen LogP contribution in [0.4, 0.5) is 0 Å². The number of unbranched alkanes of at least 4 members (excludes halogenated alkanes) is 3. The number of carbonyl (C=O) groups is 2. The third-order valence-electron chi connectivity index (χ3n) is 8.44. The van der Waals surface area contributed by atoms with Crippen LogP contribution in [0.2, 0.25) is 0 Å². The second-order valence-electron chi connectivity index (χ2n) is 11.9. The summed E-state index contributed by atoms with van der Waals surface area (Å²) < 4.78 is 28.1. The van der Waals surface area contributed by atoms with Gasteiger partial charge < -0.3 is 33.9 Å². The molecular formula is C40H38O9. The minimum atomic E-state index is -0.867. The fraction of sp³-hybridized carbons (Fsp3) is 0.300. The van der Waals surface area contributed by atoms with Gasteiger partial charge in [0.2, 0.25) is 13.6 Å². The van der Waals surface area contributed by atoms with Crippen LogP contribution in [0, 0.1) is 11.8 Å². The maximum atomic E-state index is 11.3. The molecule has 2 N–H and O–H groups in total. The quantitative estimate of drug-likeness (QED) is 0.0967. The average molecular weight is 663 g/mol. The van der Waals surface area contributed by atoms with E-state index in [-0.39, 0.29) is 33.0 Å². The van der Waals surface area contributed by atoms with Crippen molar-refractivity contribution in [3.63, 3.8) is 0 Å². The van der Waals surface area contributed by atoms with Crippen molar-refractivity contribution in [1.82, 2.24) is 0 Å². The normalized spacial score (nSPS) is 12.3. The minimum Gasteiger partial charge on any atom is -0.493 e. The van der Waals surface area contributed by atoms with Gasteiger partial charge in [-0.15, -0.1) is 0 Å². The summed E-state index contributed by atoms with van der Waals surface area (Å²) in [6, 6.07) is 24.0. The molecule has 9 nitrogen and oxygen atoms in total. The Morgan fingerprint density at radius 3 is 1.96 bits per heavy atom. The van der Waals surface area contributed by atoms with Gasteiger partial charge in [0.15, 0.2) is 23.0 Å². The lowest BCUT2D eigenvalue weighted by molar-refractivity contribution is -0.138. The van der Waals surface area contributed by atoms with E-state index >= 15 is 0 Å². The molecule has 2 aliphatic heterocycles. The SMILES string of the molecule is O=C(O)CCCOc1cccc(CCCCCC#Cc2cc(-c3ccc4c(c3)OCO4)cc(-c3ccc4c(c3)OCO4)c2)c1CCC(=O)O. The van der Waals surface area contributed by atoms with Gasteiger partial charge in [-0.3, -0.25) is 9.59 Å². The minimum absolute atomic E-state index is 0.00430. The van der Waals surface area contributed by atoms with E-state index < -0.39 is 11.9 Å². The van der Waals surface area contributed by atoms with E-state index in [0.29, 0.717) is 18.6 Å². The summed E-state index contributed by atoms with van der Waals surface area (Å²) in [5.41, 5.74) is 6.92. The predicted molar refractivity (Wildman–Crippen MR) is 183 cm³/mol. The van der Waals surface area contributed by atoms with E-state index in [9.17, 15) is 14.7 Å². The highest BCUT2D eigenvalue weighted by Gasteiger charge is 2.17. The Balaban J connectivity index is 1.10. The standard InChI is InChI=1S/C40H38O9/c41-39(42)12-7-19-45-34-11-6-10-28(33(34)15-18-40(43)44)9-5-3-1-2-4-8-27-20-31(29-13-16-35-37(23-29)48-25-46-35)22-32(21-27)30-14-17-36-38(24-30)49-26-47-36/h6,10-11,13-14,16-17,20-24H,1-3,5,7,9,12,15,18-19,25-26H2,(H,41,42)(H,43,44). The molecule has 0 saturated heterocycles. The Morgan fingerprint density at radius 1 is 0.653 bits per heavy atom. The molecule has 0 aliphatic carbocycles. The van der Waals surface area contributed by atoms with Crippen LogP contribution in [0.25, 0.3) is 22.3 Å². The van der Waals surface area contributed by atoms with Crippen LogP contribution in [0.3, 0.4) is 0 Å². The second kappa shape index (κ2) is 16.0. The summed E-state index contributed by atoms with van der Waals surface area (Å²) >= 11 is 0. The van der Waals surface area contributed by atoms with Gasteiger partial charge in [-0.05, 0) is 114 Å². The van der Waals surface area contributed by atoms with E-state index in [1.165, 1.54) is 0 Å². The molecule has 4 aromatic carbocycles. The molecule has 0 amide bonds. The van der Waals surface area contributed by atoms with Crippen LogP contribution in [0.1, 0.15) is 61.6 Å². The van der Waals surface area contributed by atoms with E-state index in [1.54, 1.807) is 0 Å². The third-order valence-corrected chi connectivity index (χ3v) is 8.44. The van der Waals surface area contributed by atoms with Crippen molar-refractivity contribution >= 4 is 11.9 Å². The third kappa shape index (κ3) is 8.85. The van der Waals surface area contributed by atoms with E-state index in [4.69, 9.17) is 28.8 Å². The monoisotopic (exact) mass is 662 g/mol. The first-order valence-corrected chi connectivity index (χ1v) is 16.5. The molecule has 0 bridgehead atoms. The number of carboxylic acid groups (broad SMARTS) is 2. The number of rotatable bonds is 15. The molecule has 2 aliphatic rings. The summed E-state index contributed by atoms with van der Waals surface area (Å²) in [7, 11) is 0. The smallest absolute Gasteiger partial charge is 0.303 e. The average Bonchev–Trinajstić information content (AvgIpc) is 3.78. The molecule has 9 heteroatoms. The number of ether oxygens (including phenoxy) is 5. The first-order valence-electron chi connectivity index (χ1n) is 16.5. The summed E-state index contributed by atoms with van der Waals surface area (Å²) in [5, 5.41) is 18.2. The van der Waals surface area contributed by atoms with Crippen LogP contribution in [0.5, 0.6) is 28.7 Å². The Labute approximate surface area is 285 Å². The van der Waals surface area contributed by atoms with Crippen molar-refractivity contribution in [2.24, 2.45) is 0 Å². The fourth-order valence-corrected chi connectivity index (χ4v) is 5.96. The zero-order valence-electron chi connectivity index (χ0n) is 27.2. The second-order valence-corrected chi connectivity index (χ2v) is 11.9. The molecule has 252 valence electrons. The molecule has 0 unspecified atom stereocenters. The van der Waals surface area contributed by atoms with Crippen LogP contribution in [-0.2, 0) is 22.4 Å². The molecular weight excluding hydrogens is 624 g/mol. The van der Waals surface area contributed by atoms with Crippen molar-refractivity contribution < 1.29 is 43.5 Å². The Bertz CT molecular complexity index is 1810. The van der Waals surface area contributed by atoms with Gasteiger partial charge in [0.05, 0.1) is 6.61 Å². The van der Waals surface area contributed by atoms with Gasteiger partial charge >= 0.3 is 11.9 Å². The summed E-state index contributed by atoms with van der Waals surface area (Å²) in [5.74, 6) is 8.58. The highest BCUT2D eigenvalue weighted by atomic mass is 16.7. The molecule has 2 heterocycles. The van der Waals surface area contributed by atoms with Crippen molar-refractivity contribution in [2.75, 3.05) is 20.2 Å². The molecule has 49 heavy (non-hydrogen) atoms. The molecule has 6 rings (SSSR count). The van der Waals surface area contributed by atoms with E-state index in [2.05, 4.69) is 30.0 Å². The number of fused-ring (bicyclic) bond motifs is 2. The number of hydrogen-bond acceptors (Lipinski definition) is 7. The van der Waals surface area contributed by atoms with Gasteiger partial charge in [0, 0.05) is 24.8 Å². The predicted octanol–water partition coefficient (Wildman–Crippen LogP) is 7.89. The molecule has 0 atom stereocenters. The Hall–Kier alpha value is -5.62. The molecule has 4 aromatic rings.